The Kier molecular flexibility index (Phi) is 5.21. The van der Waals surface area contributed by atoms with Gasteiger partial charge in [0.15, 0.2) is 0 Å². The first-order valence-electron chi connectivity index (χ1n) is 9.86. The van der Waals surface area contributed by atoms with Gasteiger partial charge in [-0.15, -0.1) is 11.3 Å². The summed E-state index contributed by atoms with van der Waals surface area (Å²) in [6.07, 6.45) is 0. The van der Waals surface area contributed by atoms with Crippen LogP contribution >= 0.6 is 22.9 Å². The number of aromatic nitrogens is 1. The average molecular weight is 459 g/mol. The van der Waals surface area contributed by atoms with Crippen LogP contribution in [0.25, 0.3) is 32.6 Å². The molecule has 6 heteroatoms. The number of thiophene rings is 1. The van der Waals surface area contributed by atoms with E-state index in [0.717, 1.165) is 22.4 Å². The Hall–Kier alpha value is -3.54. The quantitative estimate of drug-likeness (QED) is 0.289. The molecule has 0 atom stereocenters. The summed E-state index contributed by atoms with van der Waals surface area (Å²) in [5.41, 5.74) is 10.7. The van der Waals surface area contributed by atoms with E-state index in [2.05, 4.69) is 0 Å². The zero-order valence-electron chi connectivity index (χ0n) is 16.7. The standard InChI is InChI=1S/C26H16ClFN2OS/c27-18-10-6-17(7-11-18)24(31)25-23(29)22-20(15-8-12-19(28)13-9-15)14-21(30-26(22)32-25)16-4-2-1-3-5-16/h1-14H,29H2. The maximum atomic E-state index is 13.6. The van der Waals surface area contributed by atoms with E-state index in [0.29, 0.717) is 31.4 Å². The summed E-state index contributed by atoms with van der Waals surface area (Å²) in [6.45, 7) is 0. The van der Waals surface area contributed by atoms with Crippen molar-refractivity contribution in [1.82, 2.24) is 4.98 Å². The maximum absolute atomic E-state index is 13.6. The van der Waals surface area contributed by atoms with Crippen LogP contribution in [0.5, 0.6) is 0 Å². The summed E-state index contributed by atoms with van der Waals surface area (Å²) in [7, 11) is 0. The van der Waals surface area contributed by atoms with Gasteiger partial charge in [-0.05, 0) is 53.6 Å². The molecule has 3 nitrogen and oxygen atoms in total. The van der Waals surface area contributed by atoms with Gasteiger partial charge in [-0.25, -0.2) is 9.37 Å². The molecule has 0 radical (unpaired) electrons. The maximum Gasteiger partial charge on any atom is 0.205 e. The van der Waals surface area contributed by atoms with Gasteiger partial charge in [0.2, 0.25) is 5.78 Å². The van der Waals surface area contributed by atoms with E-state index in [4.69, 9.17) is 22.3 Å². The van der Waals surface area contributed by atoms with Crippen LogP contribution in [0.15, 0.2) is 84.9 Å². The number of carbonyl (C=O) groups excluding carboxylic acids is 1. The van der Waals surface area contributed by atoms with Gasteiger partial charge < -0.3 is 5.73 Å². The number of hydrogen-bond donors (Lipinski definition) is 1. The fraction of sp³-hybridized carbons (Fsp3) is 0. The van der Waals surface area contributed by atoms with E-state index in [1.54, 1.807) is 36.4 Å². The first-order valence-corrected chi connectivity index (χ1v) is 11.1. The fourth-order valence-corrected chi connectivity index (χ4v) is 4.84. The Morgan fingerprint density at radius 1 is 0.906 bits per heavy atom. The van der Waals surface area contributed by atoms with Crippen LogP contribution in [0.3, 0.4) is 0 Å². The number of hydrogen-bond acceptors (Lipinski definition) is 4. The number of nitrogens with zero attached hydrogens (tertiary/aromatic N) is 1. The molecule has 0 amide bonds. The van der Waals surface area contributed by atoms with Gasteiger partial charge in [0.05, 0.1) is 11.4 Å². The largest absolute Gasteiger partial charge is 0.397 e. The number of halogens is 2. The van der Waals surface area contributed by atoms with Crippen LogP contribution in [0.1, 0.15) is 15.2 Å². The smallest absolute Gasteiger partial charge is 0.205 e. The van der Waals surface area contributed by atoms with E-state index in [-0.39, 0.29) is 11.6 Å². The van der Waals surface area contributed by atoms with Gasteiger partial charge in [0.25, 0.3) is 0 Å². The monoisotopic (exact) mass is 458 g/mol. The summed E-state index contributed by atoms with van der Waals surface area (Å²) < 4.78 is 13.6. The molecule has 0 aliphatic heterocycles. The summed E-state index contributed by atoms with van der Waals surface area (Å²) in [5.74, 6) is -0.507. The predicted octanol–water partition coefficient (Wildman–Crippen LogP) is 7.24. The first-order chi connectivity index (χ1) is 15.5. The third kappa shape index (κ3) is 3.66. The number of carbonyl (C=O) groups is 1. The van der Waals surface area contributed by atoms with Crippen molar-refractivity contribution in [1.29, 1.82) is 0 Å². The number of nitrogen functional groups attached to an aromatic ring is 1. The number of pyridine rings is 1. The van der Waals surface area contributed by atoms with E-state index in [9.17, 15) is 9.18 Å². The summed E-state index contributed by atoms with van der Waals surface area (Å²) in [5, 5.41) is 1.25. The second-order valence-electron chi connectivity index (χ2n) is 7.29. The highest BCUT2D eigenvalue weighted by molar-refractivity contribution is 7.21. The summed E-state index contributed by atoms with van der Waals surface area (Å²) in [4.78, 5) is 19.1. The Morgan fingerprint density at radius 2 is 1.59 bits per heavy atom. The lowest BCUT2D eigenvalue weighted by atomic mass is 9.99. The van der Waals surface area contributed by atoms with Gasteiger partial charge in [0, 0.05) is 21.5 Å². The molecule has 0 saturated carbocycles. The lowest BCUT2D eigenvalue weighted by Crippen LogP contribution is -2.02. The molecule has 5 rings (SSSR count). The van der Waals surface area contributed by atoms with Crippen LogP contribution in [0, 0.1) is 5.82 Å². The average Bonchev–Trinajstić information content (AvgIpc) is 3.16. The lowest BCUT2D eigenvalue weighted by molar-refractivity contribution is 0.104. The first kappa shape index (κ1) is 20.4. The molecule has 2 N–H and O–H groups in total. The number of nitrogens with two attached hydrogens (primary N) is 1. The van der Waals surface area contributed by atoms with Crippen molar-refractivity contribution in [2.24, 2.45) is 0 Å². The molecule has 0 aliphatic carbocycles. The van der Waals surface area contributed by atoms with Gasteiger partial charge >= 0.3 is 0 Å². The Morgan fingerprint density at radius 3 is 2.28 bits per heavy atom. The zero-order valence-corrected chi connectivity index (χ0v) is 18.3. The summed E-state index contributed by atoms with van der Waals surface area (Å²) >= 11 is 7.22. The number of benzene rings is 3. The van der Waals surface area contributed by atoms with Crippen LogP contribution in [0.4, 0.5) is 10.1 Å². The molecule has 156 valence electrons. The molecule has 3 aromatic carbocycles. The van der Waals surface area contributed by atoms with Crippen molar-refractivity contribution in [2.45, 2.75) is 0 Å². The Bertz CT molecular complexity index is 1450. The minimum atomic E-state index is -0.320. The molecule has 2 heterocycles. The topological polar surface area (TPSA) is 56.0 Å². The predicted molar refractivity (Wildman–Crippen MR) is 130 cm³/mol. The molecule has 0 bridgehead atoms. The second kappa shape index (κ2) is 8.19. The highest BCUT2D eigenvalue weighted by Crippen LogP contribution is 2.42. The van der Waals surface area contributed by atoms with Crippen molar-refractivity contribution in [3.05, 3.63) is 106 Å². The molecule has 0 fully saturated rings. The molecule has 0 saturated heterocycles. The molecule has 0 spiro atoms. The molecular formula is C26H16ClFN2OS. The van der Waals surface area contributed by atoms with Crippen molar-refractivity contribution >= 4 is 44.6 Å². The second-order valence-corrected chi connectivity index (χ2v) is 8.72. The van der Waals surface area contributed by atoms with Gasteiger partial charge in [-0.3, -0.25) is 4.79 Å². The van der Waals surface area contributed by atoms with Crippen molar-refractivity contribution in [3.63, 3.8) is 0 Å². The van der Waals surface area contributed by atoms with Gasteiger partial charge in [-0.2, -0.15) is 0 Å². The Labute approximate surface area is 192 Å². The minimum absolute atomic E-state index is 0.187. The van der Waals surface area contributed by atoms with E-state index in [1.165, 1.54) is 23.5 Å². The molecule has 32 heavy (non-hydrogen) atoms. The number of rotatable bonds is 4. The molecular weight excluding hydrogens is 443 g/mol. The third-order valence-electron chi connectivity index (χ3n) is 5.24. The Balaban J connectivity index is 1.75. The van der Waals surface area contributed by atoms with Crippen LogP contribution in [-0.2, 0) is 0 Å². The highest BCUT2D eigenvalue weighted by atomic mass is 35.5. The van der Waals surface area contributed by atoms with Crippen LogP contribution < -0.4 is 5.73 Å². The SMILES string of the molecule is Nc1c(C(=O)c2ccc(Cl)cc2)sc2nc(-c3ccccc3)cc(-c3ccc(F)cc3)c12. The van der Waals surface area contributed by atoms with Crippen LogP contribution in [-0.4, -0.2) is 10.8 Å². The molecule has 0 unspecified atom stereocenters. The van der Waals surface area contributed by atoms with Gasteiger partial charge in [0.1, 0.15) is 15.5 Å². The van der Waals surface area contributed by atoms with E-state index < -0.39 is 0 Å². The van der Waals surface area contributed by atoms with Crippen molar-refractivity contribution in [3.8, 4) is 22.4 Å². The number of ketones is 1. The molecule has 2 aromatic heterocycles. The fourth-order valence-electron chi connectivity index (χ4n) is 3.64. The van der Waals surface area contributed by atoms with Gasteiger partial charge in [-0.1, -0.05) is 54.1 Å². The van der Waals surface area contributed by atoms with E-state index in [1.807, 2.05) is 36.4 Å². The normalized spacial score (nSPS) is 11.1. The van der Waals surface area contributed by atoms with Crippen molar-refractivity contribution in [2.75, 3.05) is 5.73 Å². The molecule has 0 aliphatic rings. The lowest BCUT2D eigenvalue weighted by Gasteiger charge is -2.09. The van der Waals surface area contributed by atoms with Crippen LogP contribution in [0.2, 0.25) is 5.02 Å². The number of fused-ring (bicyclic) bond motifs is 1. The molecule has 5 aromatic rings. The number of anilines is 1. The third-order valence-corrected chi connectivity index (χ3v) is 6.59. The highest BCUT2D eigenvalue weighted by Gasteiger charge is 2.22. The van der Waals surface area contributed by atoms with E-state index >= 15 is 0 Å². The minimum Gasteiger partial charge on any atom is -0.397 e. The zero-order chi connectivity index (χ0) is 22.2. The van der Waals surface area contributed by atoms with Crippen molar-refractivity contribution < 1.29 is 9.18 Å². The summed E-state index contributed by atoms with van der Waals surface area (Å²) in [6, 6.07) is 24.6.